The molecule has 1 heterocycles. The topological polar surface area (TPSA) is 17.8 Å². The van der Waals surface area contributed by atoms with Crippen LogP contribution in [0.4, 0.5) is 0 Å². The quantitative estimate of drug-likeness (QED) is 0.585. The first-order chi connectivity index (χ1) is 9.60. The largest absolute Gasteiger partial charge is 0.298 e. The first kappa shape index (κ1) is 13.7. The normalized spacial score (nSPS) is 11.2. The van der Waals surface area contributed by atoms with Crippen molar-refractivity contribution in [3.63, 3.8) is 0 Å². The zero-order valence-corrected chi connectivity index (χ0v) is 13.7. The predicted octanol–water partition coefficient (Wildman–Crippen LogP) is 5.14. The Kier molecular flexibility index (Phi) is 3.57. The number of hydrogen-bond donors (Lipinski definition) is 0. The minimum Gasteiger partial charge on any atom is -0.298 e. The van der Waals surface area contributed by atoms with Crippen LogP contribution in [-0.2, 0) is 5.88 Å². The molecule has 3 aromatic rings. The maximum absolute atomic E-state index is 5.87. The molecule has 0 atom stereocenters. The van der Waals surface area contributed by atoms with Gasteiger partial charge in [-0.1, -0.05) is 6.07 Å². The van der Waals surface area contributed by atoms with Crippen LogP contribution in [0.5, 0.6) is 0 Å². The molecular formula is C16H14BrClN2. The monoisotopic (exact) mass is 348 g/mol. The van der Waals surface area contributed by atoms with Crippen LogP contribution < -0.4 is 0 Å². The smallest absolute Gasteiger partial charge is 0.100 e. The molecule has 1 aromatic heterocycles. The van der Waals surface area contributed by atoms with E-state index in [-0.39, 0.29) is 0 Å². The van der Waals surface area contributed by atoms with Crippen LogP contribution in [0.1, 0.15) is 16.7 Å². The van der Waals surface area contributed by atoms with Gasteiger partial charge >= 0.3 is 0 Å². The predicted molar refractivity (Wildman–Crippen MR) is 87.8 cm³/mol. The summed E-state index contributed by atoms with van der Waals surface area (Å²) in [5, 5.41) is 0. The zero-order chi connectivity index (χ0) is 14.3. The van der Waals surface area contributed by atoms with Crippen LogP contribution in [0, 0.1) is 13.8 Å². The summed E-state index contributed by atoms with van der Waals surface area (Å²) in [6.07, 6.45) is 1.87. The summed E-state index contributed by atoms with van der Waals surface area (Å²) in [6, 6.07) is 10.5. The molecule has 0 bridgehead atoms. The van der Waals surface area contributed by atoms with Gasteiger partial charge in [0.1, 0.15) is 6.33 Å². The molecule has 0 fully saturated rings. The molecule has 20 heavy (non-hydrogen) atoms. The SMILES string of the molecule is Cc1cc2ncn(-c3ccc(CCl)cc3Br)c2cc1C. The molecule has 0 aliphatic rings. The van der Waals surface area contributed by atoms with E-state index in [1.54, 1.807) is 0 Å². The number of aryl methyl sites for hydroxylation is 2. The van der Waals surface area contributed by atoms with Gasteiger partial charge in [0.05, 0.1) is 16.7 Å². The standard InChI is InChI=1S/C16H14BrClN2/c1-10-5-14-16(6-11(10)2)20(9-19-14)15-4-3-12(8-18)7-13(15)17/h3-7,9H,8H2,1-2H3. The van der Waals surface area contributed by atoms with E-state index in [4.69, 9.17) is 11.6 Å². The lowest BCUT2D eigenvalue weighted by Crippen LogP contribution is -1.95. The molecule has 0 saturated heterocycles. The minimum absolute atomic E-state index is 0.516. The second-order valence-electron chi connectivity index (χ2n) is 4.96. The average molecular weight is 350 g/mol. The molecule has 0 amide bonds. The lowest BCUT2D eigenvalue weighted by molar-refractivity contribution is 1.08. The molecule has 0 saturated carbocycles. The highest BCUT2D eigenvalue weighted by molar-refractivity contribution is 9.10. The van der Waals surface area contributed by atoms with Gasteiger partial charge < -0.3 is 0 Å². The van der Waals surface area contributed by atoms with Crippen molar-refractivity contribution in [3.8, 4) is 5.69 Å². The van der Waals surface area contributed by atoms with Gasteiger partial charge in [-0.25, -0.2) is 4.98 Å². The van der Waals surface area contributed by atoms with Gasteiger partial charge in [0.2, 0.25) is 0 Å². The molecule has 2 nitrogen and oxygen atoms in total. The number of benzene rings is 2. The van der Waals surface area contributed by atoms with Crippen molar-refractivity contribution in [2.24, 2.45) is 0 Å². The number of halogens is 2. The van der Waals surface area contributed by atoms with E-state index in [1.807, 2.05) is 12.4 Å². The summed E-state index contributed by atoms with van der Waals surface area (Å²) < 4.78 is 3.12. The summed E-state index contributed by atoms with van der Waals surface area (Å²) >= 11 is 9.49. The van der Waals surface area contributed by atoms with Crippen molar-refractivity contribution in [1.82, 2.24) is 9.55 Å². The lowest BCUT2D eigenvalue weighted by Gasteiger charge is -2.09. The fourth-order valence-corrected chi connectivity index (χ4v) is 3.07. The highest BCUT2D eigenvalue weighted by Crippen LogP contribution is 2.27. The summed E-state index contributed by atoms with van der Waals surface area (Å²) in [6.45, 7) is 4.23. The Morgan fingerprint density at radius 2 is 1.90 bits per heavy atom. The zero-order valence-electron chi connectivity index (χ0n) is 11.3. The van der Waals surface area contributed by atoms with Crippen LogP contribution in [0.25, 0.3) is 16.7 Å². The molecule has 0 spiro atoms. The number of hydrogen-bond acceptors (Lipinski definition) is 1. The Labute approximate surface area is 131 Å². The van der Waals surface area contributed by atoms with Crippen LogP contribution in [0.15, 0.2) is 41.1 Å². The summed E-state index contributed by atoms with van der Waals surface area (Å²) in [5.74, 6) is 0.516. The van der Waals surface area contributed by atoms with Crippen molar-refractivity contribution >= 4 is 38.6 Å². The number of fused-ring (bicyclic) bond motifs is 1. The highest BCUT2D eigenvalue weighted by Gasteiger charge is 2.09. The molecule has 4 heteroatoms. The number of alkyl halides is 1. The van der Waals surface area contributed by atoms with E-state index in [0.29, 0.717) is 5.88 Å². The van der Waals surface area contributed by atoms with E-state index >= 15 is 0 Å². The van der Waals surface area contributed by atoms with Gasteiger partial charge in [-0.2, -0.15) is 0 Å². The first-order valence-corrected chi connectivity index (χ1v) is 7.72. The van der Waals surface area contributed by atoms with E-state index in [9.17, 15) is 0 Å². The van der Waals surface area contributed by atoms with Crippen molar-refractivity contribution in [2.75, 3.05) is 0 Å². The Hall–Kier alpha value is -1.32. The Balaban J connectivity index is 2.22. The first-order valence-electron chi connectivity index (χ1n) is 6.39. The van der Waals surface area contributed by atoms with Crippen molar-refractivity contribution in [2.45, 2.75) is 19.7 Å². The third-order valence-corrected chi connectivity index (χ3v) is 4.53. The number of aromatic nitrogens is 2. The highest BCUT2D eigenvalue weighted by atomic mass is 79.9. The fraction of sp³-hybridized carbons (Fsp3) is 0.188. The van der Waals surface area contributed by atoms with Gasteiger partial charge in [-0.05, 0) is 70.7 Å². The third kappa shape index (κ3) is 2.25. The Morgan fingerprint density at radius 3 is 2.60 bits per heavy atom. The molecule has 0 unspecified atom stereocenters. The number of nitrogens with zero attached hydrogens (tertiary/aromatic N) is 2. The van der Waals surface area contributed by atoms with E-state index in [2.05, 4.69) is 63.6 Å². The second kappa shape index (κ2) is 5.23. The molecule has 2 aromatic carbocycles. The molecule has 0 aliphatic carbocycles. The van der Waals surface area contributed by atoms with E-state index < -0.39 is 0 Å². The molecule has 0 radical (unpaired) electrons. The van der Waals surface area contributed by atoms with E-state index in [1.165, 1.54) is 11.1 Å². The minimum atomic E-state index is 0.516. The van der Waals surface area contributed by atoms with Gasteiger partial charge in [-0.3, -0.25) is 4.57 Å². The lowest BCUT2D eigenvalue weighted by atomic mass is 10.1. The molecule has 0 N–H and O–H groups in total. The summed E-state index contributed by atoms with van der Waals surface area (Å²) in [4.78, 5) is 4.50. The maximum Gasteiger partial charge on any atom is 0.100 e. The summed E-state index contributed by atoms with van der Waals surface area (Å²) in [7, 11) is 0. The van der Waals surface area contributed by atoms with Gasteiger partial charge in [0.15, 0.2) is 0 Å². The Bertz CT molecular complexity index is 793. The molecule has 3 rings (SSSR count). The van der Waals surface area contributed by atoms with Crippen molar-refractivity contribution < 1.29 is 0 Å². The molecular weight excluding hydrogens is 336 g/mol. The fourth-order valence-electron chi connectivity index (χ4n) is 2.29. The van der Waals surface area contributed by atoms with Crippen molar-refractivity contribution in [1.29, 1.82) is 0 Å². The van der Waals surface area contributed by atoms with Crippen molar-refractivity contribution in [3.05, 3.63) is 57.8 Å². The Morgan fingerprint density at radius 1 is 1.15 bits per heavy atom. The molecule has 102 valence electrons. The number of rotatable bonds is 2. The van der Waals surface area contributed by atoms with Gasteiger partial charge in [-0.15, -0.1) is 11.6 Å². The second-order valence-corrected chi connectivity index (χ2v) is 6.08. The van der Waals surface area contributed by atoms with E-state index in [0.717, 1.165) is 26.8 Å². The van der Waals surface area contributed by atoms with Crippen LogP contribution in [-0.4, -0.2) is 9.55 Å². The average Bonchev–Trinajstić information content (AvgIpc) is 2.82. The number of imidazole rings is 1. The molecule has 0 aliphatic heterocycles. The van der Waals surface area contributed by atoms with Crippen LogP contribution >= 0.6 is 27.5 Å². The maximum atomic E-state index is 5.87. The van der Waals surface area contributed by atoms with Gasteiger partial charge in [0.25, 0.3) is 0 Å². The van der Waals surface area contributed by atoms with Crippen LogP contribution in [0.3, 0.4) is 0 Å². The van der Waals surface area contributed by atoms with Gasteiger partial charge in [0, 0.05) is 10.4 Å². The third-order valence-electron chi connectivity index (χ3n) is 3.59. The summed E-state index contributed by atoms with van der Waals surface area (Å²) in [5.41, 5.74) is 6.84. The van der Waals surface area contributed by atoms with Crippen LogP contribution in [0.2, 0.25) is 0 Å².